The van der Waals surface area contributed by atoms with Crippen molar-refractivity contribution in [2.75, 3.05) is 13.2 Å². The van der Waals surface area contributed by atoms with Gasteiger partial charge < -0.3 is 9.84 Å². The molecule has 0 bridgehead atoms. The van der Waals surface area contributed by atoms with Crippen LogP contribution in [0.2, 0.25) is 0 Å². The molecule has 0 saturated carbocycles. The normalized spacial score (nSPS) is 10.9. The largest absolute Gasteiger partial charge is 0.466 e. The number of aliphatic hydroxyl groups excluding tert-OH is 1. The second-order valence-corrected chi connectivity index (χ2v) is 4.23. The predicted octanol–water partition coefficient (Wildman–Crippen LogP) is 3.22. The van der Waals surface area contributed by atoms with Gasteiger partial charge in [-0.2, -0.15) is 0 Å². The second kappa shape index (κ2) is 13.2. The third-order valence-electron chi connectivity index (χ3n) is 2.53. The number of carbonyl (C=O) groups excluding carboxylic acids is 1. The highest BCUT2D eigenvalue weighted by Gasteiger charge is 1.93. The Morgan fingerprint density at radius 3 is 2.24 bits per heavy atom. The molecule has 0 heterocycles. The number of allylic oxidation sites excluding steroid dienone is 1. The zero-order chi connectivity index (χ0) is 12.8. The van der Waals surface area contributed by atoms with Crippen molar-refractivity contribution < 1.29 is 14.6 Å². The van der Waals surface area contributed by atoms with Crippen molar-refractivity contribution in [1.29, 1.82) is 0 Å². The Hall–Kier alpha value is -0.830. The van der Waals surface area contributed by atoms with Crippen LogP contribution in [0.3, 0.4) is 0 Å². The van der Waals surface area contributed by atoms with Crippen LogP contribution in [0.4, 0.5) is 0 Å². The Morgan fingerprint density at radius 1 is 1.00 bits per heavy atom. The fourth-order valence-electron chi connectivity index (χ4n) is 1.60. The minimum Gasteiger partial charge on any atom is -0.466 e. The molecule has 0 saturated heterocycles. The highest BCUT2D eigenvalue weighted by atomic mass is 16.5. The van der Waals surface area contributed by atoms with E-state index < -0.39 is 0 Å². The maximum atomic E-state index is 10.5. The van der Waals surface area contributed by atoms with Crippen molar-refractivity contribution >= 4 is 5.97 Å². The average Bonchev–Trinajstić information content (AvgIpc) is 2.30. The summed E-state index contributed by atoms with van der Waals surface area (Å²) in [5, 5.41) is 8.56. The molecule has 0 rings (SSSR count). The zero-order valence-electron chi connectivity index (χ0n) is 11.0. The molecule has 17 heavy (non-hydrogen) atoms. The van der Waals surface area contributed by atoms with Gasteiger partial charge in [0.2, 0.25) is 0 Å². The van der Waals surface area contributed by atoms with E-state index in [1.165, 1.54) is 32.6 Å². The SMILES string of the molecule is CC(=O)OCCCCCCCC/C=C\CCO. The molecular formula is C14H26O3. The summed E-state index contributed by atoms with van der Waals surface area (Å²) in [7, 11) is 0. The van der Waals surface area contributed by atoms with Crippen molar-refractivity contribution in [3.63, 3.8) is 0 Å². The molecule has 1 N–H and O–H groups in total. The maximum absolute atomic E-state index is 10.5. The summed E-state index contributed by atoms with van der Waals surface area (Å²) in [6.45, 7) is 2.27. The van der Waals surface area contributed by atoms with Crippen LogP contribution in [-0.4, -0.2) is 24.3 Å². The molecule has 0 amide bonds. The molecule has 0 radical (unpaired) electrons. The second-order valence-electron chi connectivity index (χ2n) is 4.23. The minimum atomic E-state index is -0.181. The van der Waals surface area contributed by atoms with Crippen molar-refractivity contribution in [3.8, 4) is 0 Å². The molecule has 0 aromatic rings. The van der Waals surface area contributed by atoms with Gasteiger partial charge >= 0.3 is 5.97 Å². The maximum Gasteiger partial charge on any atom is 0.302 e. The predicted molar refractivity (Wildman–Crippen MR) is 69.8 cm³/mol. The van der Waals surface area contributed by atoms with Gasteiger partial charge in [0.1, 0.15) is 0 Å². The van der Waals surface area contributed by atoms with E-state index in [1.54, 1.807) is 0 Å². The van der Waals surface area contributed by atoms with Crippen LogP contribution >= 0.6 is 0 Å². The Morgan fingerprint density at radius 2 is 1.59 bits per heavy atom. The summed E-state index contributed by atoms with van der Waals surface area (Å²) in [4.78, 5) is 10.5. The molecule has 0 aliphatic carbocycles. The van der Waals surface area contributed by atoms with Gasteiger partial charge in [-0.1, -0.05) is 37.8 Å². The van der Waals surface area contributed by atoms with E-state index in [-0.39, 0.29) is 12.6 Å². The molecule has 0 aromatic heterocycles. The lowest BCUT2D eigenvalue weighted by molar-refractivity contribution is -0.141. The number of esters is 1. The van der Waals surface area contributed by atoms with Gasteiger partial charge in [-0.3, -0.25) is 4.79 Å². The van der Waals surface area contributed by atoms with Gasteiger partial charge in [0.15, 0.2) is 0 Å². The summed E-state index contributed by atoms with van der Waals surface area (Å²) in [6.07, 6.45) is 13.2. The standard InChI is InChI=1S/C14H26O3/c1-14(16)17-13-11-9-7-5-3-2-4-6-8-10-12-15/h6,8,15H,2-5,7,9-13H2,1H3/b8-6-. The van der Waals surface area contributed by atoms with E-state index >= 15 is 0 Å². The third kappa shape index (κ3) is 15.2. The van der Waals surface area contributed by atoms with E-state index in [2.05, 4.69) is 6.08 Å². The van der Waals surface area contributed by atoms with Crippen LogP contribution in [0.15, 0.2) is 12.2 Å². The molecule has 0 atom stereocenters. The highest BCUT2D eigenvalue weighted by molar-refractivity contribution is 5.65. The highest BCUT2D eigenvalue weighted by Crippen LogP contribution is 2.07. The molecule has 0 fully saturated rings. The average molecular weight is 242 g/mol. The molecule has 100 valence electrons. The first-order valence-electron chi connectivity index (χ1n) is 6.66. The quantitative estimate of drug-likeness (QED) is 0.344. The van der Waals surface area contributed by atoms with Gasteiger partial charge in [0, 0.05) is 13.5 Å². The molecule has 0 aromatic carbocycles. The van der Waals surface area contributed by atoms with Crippen molar-refractivity contribution in [2.45, 2.75) is 58.3 Å². The lowest BCUT2D eigenvalue weighted by Crippen LogP contribution is -1.99. The summed E-state index contributed by atoms with van der Waals surface area (Å²) in [5.41, 5.74) is 0. The van der Waals surface area contributed by atoms with E-state index in [0.717, 1.165) is 25.7 Å². The molecule has 3 heteroatoms. The van der Waals surface area contributed by atoms with Gasteiger partial charge in [-0.15, -0.1) is 0 Å². The summed E-state index contributed by atoms with van der Waals surface area (Å²) in [6, 6.07) is 0. The van der Waals surface area contributed by atoms with Gasteiger partial charge in [-0.25, -0.2) is 0 Å². The number of hydrogen-bond acceptors (Lipinski definition) is 3. The van der Waals surface area contributed by atoms with E-state index in [4.69, 9.17) is 9.84 Å². The van der Waals surface area contributed by atoms with Crippen molar-refractivity contribution in [3.05, 3.63) is 12.2 Å². The molecule has 3 nitrogen and oxygen atoms in total. The first-order valence-corrected chi connectivity index (χ1v) is 6.66. The van der Waals surface area contributed by atoms with Crippen LogP contribution in [0.1, 0.15) is 58.3 Å². The van der Waals surface area contributed by atoms with Crippen molar-refractivity contribution in [2.24, 2.45) is 0 Å². The fourth-order valence-corrected chi connectivity index (χ4v) is 1.60. The van der Waals surface area contributed by atoms with Crippen LogP contribution in [0.5, 0.6) is 0 Å². The van der Waals surface area contributed by atoms with Crippen LogP contribution in [0.25, 0.3) is 0 Å². The number of aliphatic hydroxyl groups is 1. The number of hydrogen-bond donors (Lipinski definition) is 1. The zero-order valence-corrected chi connectivity index (χ0v) is 11.0. The van der Waals surface area contributed by atoms with Gasteiger partial charge in [0.25, 0.3) is 0 Å². The van der Waals surface area contributed by atoms with Crippen molar-refractivity contribution in [1.82, 2.24) is 0 Å². The Balaban J connectivity index is 3.01. The van der Waals surface area contributed by atoms with E-state index in [1.807, 2.05) is 6.08 Å². The smallest absolute Gasteiger partial charge is 0.302 e. The van der Waals surface area contributed by atoms with Crippen LogP contribution in [-0.2, 0) is 9.53 Å². The number of rotatable bonds is 11. The lowest BCUT2D eigenvalue weighted by atomic mass is 10.1. The number of ether oxygens (including phenoxy) is 1. The molecule has 0 unspecified atom stereocenters. The van der Waals surface area contributed by atoms with Crippen LogP contribution in [0, 0.1) is 0 Å². The van der Waals surface area contributed by atoms with Gasteiger partial charge in [-0.05, 0) is 25.7 Å². The minimum absolute atomic E-state index is 0.181. The Kier molecular flexibility index (Phi) is 12.6. The lowest BCUT2D eigenvalue weighted by Gasteiger charge is -2.02. The monoisotopic (exact) mass is 242 g/mol. The summed E-state index contributed by atoms with van der Waals surface area (Å²) < 4.78 is 4.86. The van der Waals surface area contributed by atoms with Gasteiger partial charge in [0.05, 0.1) is 6.61 Å². The number of carbonyl (C=O) groups is 1. The van der Waals surface area contributed by atoms with E-state index in [9.17, 15) is 4.79 Å². The molecule has 0 spiro atoms. The Labute approximate surface area is 105 Å². The molecule has 0 aliphatic heterocycles. The topological polar surface area (TPSA) is 46.5 Å². The first kappa shape index (κ1) is 16.2. The summed E-state index contributed by atoms with van der Waals surface area (Å²) in [5.74, 6) is -0.181. The van der Waals surface area contributed by atoms with E-state index in [0.29, 0.717) is 6.61 Å². The molecular weight excluding hydrogens is 216 g/mol. The Bertz CT molecular complexity index is 200. The summed E-state index contributed by atoms with van der Waals surface area (Å²) >= 11 is 0. The van der Waals surface area contributed by atoms with Crippen LogP contribution < -0.4 is 0 Å². The third-order valence-corrected chi connectivity index (χ3v) is 2.53. The first-order chi connectivity index (χ1) is 8.27. The fraction of sp³-hybridized carbons (Fsp3) is 0.786. The number of unbranched alkanes of at least 4 members (excludes halogenated alkanes) is 6. The molecule has 0 aliphatic rings.